The topological polar surface area (TPSA) is 97.7 Å². The Balaban J connectivity index is 1.41. The molecule has 7 rings (SSSR count). The summed E-state index contributed by atoms with van der Waals surface area (Å²) in [4.78, 5) is 55.8. The maximum atomic E-state index is 14.4. The van der Waals surface area contributed by atoms with Gasteiger partial charge in [0.2, 0.25) is 0 Å². The zero-order valence-corrected chi connectivity index (χ0v) is 28.4. The summed E-state index contributed by atoms with van der Waals surface area (Å²) in [5.41, 5.74) is 0.793. The van der Waals surface area contributed by atoms with Gasteiger partial charge in [0.05, 0.1) is 5.41 Å². The molecule has 0 unspecified atom stereocenters. The fourth-order valence-electron chi connectivity index (χ4n) is 12.3. The number of carboxylic acid groups (broad SMARTS) is 1. The van der Waals surface area contributed by atoms with E-state index < -0.39 is 34.6 Å². The van der Waals surface area contributed by atoms with Gasteiger partial charge in [0.1, 0.15) is 11.2 Å². The summed E-state index contributed by atoms with van der Waals surface area (Å²) in [6, 6.07) is 3.89. The van der Waals surface area contributed by atoms with Crippen LogP contribution < -0.4 is 4.74 Å². The molecule has 0 saturated heterocycles. The standard InChI is InChI=1S/C40H50O6/c1-22-10-13-30-36(3,4)16-9-18-39(30,34(43)44)25(22)20-26-23(2)27(41)14-19-40(26)33-29(46-35(40)45)12-11-24-32(33)28(42)21-31-37(5,6)15-8-17-38(24,31)7/h11-12,25-26,30-31H,1-2,8-10,13-21H2,3-7H3,(H,43,44)/t25-,26-,30+,31-,38+,39-,40-/m0/s1. The first-order valence-corrected chi connectivity index (χ1v) is 17.6. The fourth-order valence-corrected chi connectivity index (χ4v) is 12.3. The molecule has 6 heteroatoms. The molecule has 6 nitrogen and oxygen atoms in total. The molecule has 1 heterocycles. The molecule has 0 amide bonds. The average molecular weight is 627 g/mol. The predicted octanol–water partition coefficient (Wildman–Crippen LogP) is 8.30. The van der Waals surface area contributed by atoms with Gasteiger partial charge in [-0.1, -0.05) is 72.3 Å². The van der Waals surface area contributed by atoms with E-state index in [4.69, 9.17) is 4.74 Å². The van der Waals surface area contributed by atoms with Crippen molar-refractivity contribution in [2.45, 2.75) is 122 Å². The van der Waals surface area contributed by atoms with Crippen molar-refractivity contribution >= 4 is 23.5 Å². The second-order valence-corrected chi connectivity index (χ2v) is 17.4. The molecule has 1 spiro atoms. The van der Waals surface area contributed by atoms with Crippen LogP contribution in [0.15, 0.2) is 36.4 Å². The van der Waals surface area contributed by atoms with E-state index in [9.17, 15) is 24.3 Å². The summed E-state index contributed by atoms with van der Waals surface area (Å²) in [6.45, 7) is 20.0. The summed E-state index contributed by atoms with van der Waals surface area (Å²) < 4.78 is 6.08. The van der Waals surface area contributed by atoms with E-state index in [-0.39, 0.29) is 58.9 Å². The molecule has 7 atom stereocenters. The highest BCUT2D eigenvalue weighted by atomic mass is 16.5. The number of allylic oxidation sites excluding steroid dienone is 2. The lowest BCUT2D eigenvalue weighted by molar-refractivity contribution is -0.171. The zero-order valence-electron chi connectivity index (χ0n) is 28.4. The highest BCUT2D eigenvalue weighted by Crippen LogP contribution is 2.66. The Bertz CT molecular complexity index is 1610. The number of carbonyl (C=O) groups excluding carboxylic acids is 3. The van der Waals surface area contributed by atoms with Crippen LogP contribution in [0.5, 0.6) is 5.75 Å². The number of ether oxygens (including phenoxy) is 1. The van der Waals surface area contributed by atoms with Gasteiger partial charge in [0, 0.05) is 29.9 Å². The number of esters is 1. The van der Waals surface area contributed by atoms with Crippen LogP contribution in [-0.4, -0.2) is 28.6 Å². The number of fused-ring (bicyclic) bond motifs is 7. The lowest BCUT2D eigenvalue weighted by Crippen LogP contribution is -2.57. The molecule has 1 aromatic rings. The highest BCUT2D eigenvalue weighted by Gasteiger charge is 2.65. The molecule has 5 aliphatic carbocycles. The third kappa shape index (κ3) is 3.94. The molecular formula is C40H50O6. The Labute approximate surface area is 273 Å². The minimum absolute atomic E-state index is 0.00819. The van der Waals surface area contributed by atoms with E-state index in [0.717, 1.165) is 56.1 Å². The van der Waals surface area contributed by atoms with Crippen LogP contribution in [0.1, 0.15) is 133 Å². The lowest BCUT2D eigenvalue weighted by Gasteiger charge is -2.58. The molecule has 246 valence electrons. The van der Waals surface area contributed by atoms with E-state index in [1.165, 1.54) is 0 Å². The Morgan fingerprint density at radius 2 is 1.54 bits per heavy atom. The van der Waals surface area contributed by atoms with Crippen LogP contribution in [0.25, 0.3) is 0 Å². The molecule has 0 aromatic heterocycles. The first-order valence-electron chi connectivity index (χ1n) is 17.6. The SMILES string of the molecule is C=C1CC[C@@H]2C(C)(C)CCC[C@]2(C(=O)O)[C@H]1C[C@H]1C(=C)C(=O)CC[C@]12C(=O)Oc1ccc3c(c12)C(=O)C[C@H]1C(C)(C)CCC[C@]31C. The van der Waals surface area contributed by atoms with Crippen LogP contribution in [-0.2, 0) is 25.2 Å². The summed E-state index contributed by atoms with van der Waals surface area (Å²) in [6.07, 6.45) is 7.98. The van der Waals surface area contributed by atoms with Crippen molar-refractivity contribution in [2.24, 2.45) is 39.9 Å². The average Bonchev–Trinajstić information content (AvgIpc) is 3.26. The van der Waals surface area contributed by atoms with E-state index >= 15 is 0 Å². The van der Waals surface area contributed by atoms with Crippen molar-refractivity contribution in [3.8, 4) is 5.75 Å². The molecule has 4 saturated carbocycles. The minimum atomic E-state index is -1.27. The Kier molecular flexibility index (Phi) is 6.86. The van der Waals surface area contributed by atoms with Crippen molar-refractivity contribution in [1.82, 2.24) is 0 Å². The normalized spacial score (nSPS) is 39.3. The Morgan fingerprint density at radius 1 is 0.870 bits per heavy atom. The predicted molar refractivity (Wildman–Crippen MR) is 176 cm³/mol. The molecule has 6 aliphatic rings. The third-order valence-electron chi connectivity index (χ3n) is 14.5. The largest absolute Gasteiger partial charge is 0.481 e. The second kappa shape index (κ2) is 10.00. The van der Waals surface area contributed by atoms with E-state index in [0.29, 0.717) is 35.3 Å². The summed E-state index contributed by atoms with van der Waals surface area (Å²) in [5.74, 6) is -1.86. The van der Waals surface area contributed by atoms with Crippen LogP contribution in [0.2, 0.25) is 0 Å². The van der Waals surface area contributed by atoms with Gasteiger partial charge in [-0.3, -0.25) is 19.2 Å². The van der Waals surface area contributed by atoms with Crippen molar-refractivity contribution in [3.05, 3.63) is 53.1 Å². The van der Waals surface area contributed by atoms with Gasteiger partial charge >= 0.3 is 11.9 Å². The second-order valence-electron chi connectivity index (χ2n) is 17.4. The summed E-state index contributed by atoms with van der Waals surface area (Å²) in [5, 5.41) is 11.1. The number of carboxylic acids is 1. The van der Waals surface area contributed by atoms with E-state index in [1.807, 2.05) is 12.1 Å². The monoisotopic (exact) mass is 626 g/mol. The summed E-state index contributed by atoms with van der Waals surface area (Å²) >= 11 is 0. The Hall–Kier alpha value is -3.02. The van der Waals surface area contributed by atoms with Gasteiger partial charge in [-0.15, -0.1) is 0 Å². The number of aliphatic carboxylic acids is 1. The van der Waals surface area contributed by atoms with Gasteiger partial charge < -0.3 is 9.84 Å². The van der Waals surface area contributed by atoms with Crippen LogP contribution in [0.3, 0.4) is 0 Å². The number of carbonyl (C=O) groups is 4. The van der Waals surface area contributed by atoms with Crippen LogP contribution in [0.4, 0.5) is 0 Å². The summed E-state index contributed by atoms with van der Waals surface area (Å²) in [7, 11) is 0. The van der Waals surface area contributed by atoms with Gasteiger partial charge in [-0.05, 0) is 103 Å². The maximum absolute atomic E-state index is 14.4. The van der Waals surface area contributed by atoms with Crippen molar-refractivity contribution in [1.29, 1.82) is 0 Å². The van der Waals surface area contributed by atoms with Gasteiger partial charge in [0.25, 0.3) is 0 Å². The molecule has 1 aromatic carbocycles. The maximum Gasteiger partial charge on any atom is 0.322 e. The first kappa shape index (κ1) is 31.6. The molecule has 1 N–H and O–H groups in total. The number of hydrogen-bond donors (Lipinski definition) is 1. The van der Waals surface area contributed by atoms with E-state index in [1.54, 1.807) is 0 Å². The van der Waals surface area contributed by atoms with Gasteiger partial charge in [-0.25, -0.2) is 0 Å². The molecule has 4 fully saturated rings. The highest BCUT2D eigenvalue weighted by molar-refractivity contribution is 6.08. The quantitative estimate of drug-likeness (QED) is 0.157. The zero-order chi connectivity index (χ0) is 33.2. The van der Waals surface area contributed by atoms with Crippen LogP contribution in [0, 0.1) is 39.9 Å². The Morgan fingerprint density at radius 3 is 2.24 bits per heavy atom. The van der Waals surface area contributed by atoms with Crippen molar-refractivity contribution < 1.29 is 29.0 Å². The smallest absolute Gasteiger partial charge is 0.322 e. The molecule has 46 heavy (non-hydrogen) atoms. The molecular weight excluding hydrogens is 576 g/mol. The van der Waals surface area contributed by atoms with Crippen molar-refractivity contribution in [2.75, 3.05) is 0 Å². The fraction of sp³-hybridized carbons (Fsp3) is 0.650. The van der Waals surface area contributed by atoms with Crippen LogP contribution >= 0.6 is 0 Å². The van der Waals surface area contributed by atoms with Gasteiger partial charge in [0.15, 0.2) is 11.6 Å². The first-order chi connectivity index (χ1) is 21.5. The van der Waals surface area contributed by atoms with E-state index in [2.05, 4.69) is 47.8 Å². The molecule has 1 aliphatic heterocycles. The lowest BCUT2D eigenvalue weighted by atomic mass is 9.44. The molecule has 0 bridgehead atoms. The number of rotatable bonds is 3. The number of Topliss-reactive ketones (excluding diaryl/α,β-unsaturated/α-hetero) is 2. The number of hydrogen-bond acceptors (Lipinski definition) is 5. The van der Waals surface area contributed by atoms with Gasteiger partial charge in [-0.2, -0.15) is 0 Å². The van der Waals surface area contributed by atoms with Crippen molar-refractivity contribution in [3.63, 3.8) is 0 Å². The number of benzene rings is 1. The molecule has 0 radical (unpaired) electrons. The minimum Gasteiger partial charge on any atom is -0.481 e. The number of ketones is 2. The third-order valence-corrected chi connectivity index (χ3v) is 14.5.